The van der Waals surface area contributed by atoms with Crippen molar-refractivity contribution in [3.63, 3.8) is 0 Å². The largest absolute Gasteiger partial charge is 0.354 e. The van der Waals surface area contributed by atoms with E-state index in [9.17, 15) is 0 Å². The van der Waals surface area contributed by atoms with E-state index in [0.29, 0.717) is 0 Å². The number of aromatic amines is 1. The second kappa shape index (κ2) is 7.06. The number of fused-ring (bicyclic) bond motifs is 9. The van der Waals surface area contributed by atoms with Crippen LogP contribution in [0.25, 0.3) is 64.9 Å². The molecular formula is C31H21NS. The number of rotatable bonds is 2. The van der Waals surface area contributed by atoms with Gasteiger partial charge < -0.3 is 4.98 Å². The molecule has 0 saturated carbocycles. The van der Waals surface area contributed by atoms with Crippen LogP contribution in [0.5, 0.6) is 0 Å². The van der Waals surface area contributed by atoms with E-state index < -0.39 is 0 Å². The average Bonchev–Trinajstić information content (AvgIpc) is 3.42. The van der Waals surface area contributed by atoms with Crippen molar-refractivity contribution in [3.8, 4) is 0 Å². The third-order valence-corrected chi connectivity index (χ3v) is 7.90. The van der Waals surface area contributed by atoms with Crippen molar-refractivity contribution in [1.82, 2.24) is 4.98 Å². The first-order valence-corrected chi connectivity index (χ1v) is 12.1. The van der Waals surface area contributed by atoms with Gasteiger partial charge in [-0.2, -0.15) is 0 Å². The number of hydrogen-bond acceptors (Lipinski definition) is 1. The number of aryl methyl sites for hydroxylation is 1. The van der Waals surface area contributed by atoms with Crippen molar-refractivity contribution in [2.24, 2.45) is 0 Å². The van der Waals surface area contributed by atoms with Gasteiger partial charge in [0.2, 0.25) is 0 Å². The molecule has 0 unspecified atom stereocenters. The Morgan fingerprint density at radius 2 is 1.27 bits per heavy atom. The highest BCUT2D eigenvalue weighted by Gasteiger charge is 2.12. The molecule has 156 valence electrons. The van der Waals surface area contributed by atoms with Crippen LogP contribution < -0.4 is 0 Å². The second-order valence-electron chi connectivity index (χ2n) is 8.80. The van der Waals surface area contributed by atoms with Crippen molar-refractivity contribution in [2.75, 3.05) is 0 Å². The van der Waals surface area contributed by atoms with Crippen LogP contribution in [-0.2, 0) is 0 Å². The van der Waals surface area contributed by atoms with Crippen LogP contribution in [0.4, 0.5) is 0 Å². The predicted octanol–water partition coefficient (Wildman–Crippen LogP) is 9.32. The van der Waals surface area contributed by atoms with Gasteiger partial charge in [0.25, 0.3) is 0 Å². The lowest BCUT2D eigenvalue weighted by molar-refractivity contribution is 1.46. The lowest BCUT2D eigenvalue weighted by Crippen LogP contribution is -1.76. The van der Waals surface area contributed by atoms with E-state index in [-0.39, 0.29) is 0 Å². The lowest BCUT2D eigenvalue weighted by atomic mass is 10.0. The zero-order chi connectivity index (χ0) is 21.9. The quantitative estimate of drug-likeness (QED) is 0.258. The summed E-state index contributed by atoms with van der Waals surface area (Å²) >= 11 is 1.89. The molecule has 0 aliphatic rings. The molecule has 0 aliphatic heterocycles. The van der Waals surface area contributed by atoms with Gasteiger partial charge in [-0.15, -0.1) is 11.3 Å². The Morgan fingerprint density at radius 3 is 2.12 bits per heavy atom. The molecule has 5 aromatic carbocycles. The van der Waals surface area contributed by atoms with E-state index in [1.54, 1.807) is 0 Å². The van der Waals surface area contributed by atoms with Crippen molar-refractivity contribution >= 4 is 76.2 Å². The number of H-pyrrole nitrogens is 1. The average molecular weight is 440 g/mol. The molecule has 7 aromatic rings. The lowest BCUT2D eigenvalue weighted by Gasteiger charge is -2.02. The first-order chi connectivity index (χ1) is 16.2. The Morgan fingerprint density at radius 1 is 0.606 bits per heavy atom. The summed E-state index contributed by atoms with van der Waals surface area (Å²) in [5.74, 6) is 0. The van der Waals surface area contributed by atoms with Crippen LogP contribution >= 0.6 is 11.3 Å². The van der Waals surface area contributed by atoms with E-state index >= 15 is 0 Å². The molecule has 1 nitrogen and oxygen atoms in total. The van der Waals surface area contributed by atoms with Crippen molar-refractivity contribution in [2.45, 2.75) is 6.92 Å². The summed E-state index contributed by atoms with van der Waals surface area (Å²) < 4.78 is 2.72. The molecule has 0 amide bonds. The fourth-order valence-electron chi connectivity index (χ4n) is 4.95. The number of aromatic nitrogens is 1. The maximum atomic E-state index is 3.71. The first-order valence-electron chi connectivity index (χ1n) is 11.3. The third kappa shape index (κ3) is 2.92. The second-order valence-corrected chi connectivity index (χ2v) is 9.85. The fourth-order valence-corrected chi connectivity index (χ4v) is 6.18. The van der Waals surface area contributed by atoms with Gasteiger partial charge in [0, 0.05) is 47.2 Å². The third-order valence-electron chi connectivity index (χ3n) is 6.68. The Labute approximate surface area is 195 Å². The molecule has 0 saturated heterocycles. The van der Waals surface area contributed by atoms with Crippen molar-refractivity contribution < 1.29 is 0 Å². The van der Waals surface area contributed by atoms with E-state index in [1.165, 1.54) is 69.4 Å². The number of nitrogens with one attached hydrogen (secondary N) is 1. The molecule has 1 N–H and O–H groups in total. The minimum absolute atomic E-state index is 1.18. The molecule has 33 heavy (non-hydrogen) atoms. The molecule has 0 spiro atoms. The normalized spacial score (nSPS) is 12.3. The summed E-state index contributed by atoms with van der Waals surface area (Å²) in [6.45, 7) is 2.12. The van der Waals surface area contributed by atoms with Crippen molar-refractivity contribution in [1.29, 1.82) is 0 Å². The molecule has 0 bridgehead atoms. The van der Waals surface area contributed by atoms with E-state index in [4.69, 9.17) is 0 Å². The van der Waals surface area contributed by atoms with E-state index in [2.05, 4.69) is 115 Å². The van der Waals surface area contributed by atoms with Crippen LogP contribution in [0.15, 0.2) is 91.0 Å². The van der Waals surface area contributed by atoms with Crippen LogP contribution in [0.3, 0.4) is 0 Å². The van der Waals surface area contributed by atoms with Gasteiger partial charge >= 0.3 is 0 Å². The van der Waals surface area contributed by atoms with Gasteiger partial charge in [-0.3, -0.25) is 0 Å². The molecule has 0 radical (unpaired) electrons. The molecule has 0 atom stereocenters. The van der Waals surface area contributed by atoms with Gasteiger partial charge in [-0.25, -0.2) is 0 Å². The Kier molecular flexibility index (Phi) is 3.99. The van der Waals surface area contributed by atoms with Gasteiger partial charge in [0.05, 0.1) is 5.52 Å². The molecule has 2 heterocycles. The van der Waals surface area contributed by atoms with E-state index in [1.807, 2.05) is 11.3 Å². The van der Waals surface area contributed by atoms with Crippen LogP contribution in [0.2, 0.25) is 0 Å². The highest BCUT2D eigenvalue weighted by molar-refractivity contribution is 7.26. The molecular weight excluding hydrogens is 418 g/mol. The van der Waals surface area contributed by atoms with Crippen molar-refractivity contribution in [3.05, 3.63) is 108 Å². The Balaban J connectivity index is 1.41. The topological polar surface area (TPSA) is 15.8 Å². The van der Waals surface area contributed by atoms with Gasteiger partial charge in [-0.05, 0) is 36.2 Å². The fraction of sp³-hybridized carbons (Fsp3) is 0.0323. The molecule has 2 aromatic heterocycles. The highest BCUT2D eigenvalue weighted by atomic mass is 32.1. The number of thiophene rings is 1. The Hall–Kier alpha value is -3.88. The summed E-state index contributed by atoms with van der Waals surface area (Å²) in [4.78, 5) is 3.71. The van der Waals surface area contributed by atoms with E-state index in [0.717, 1.165) is 0 Å². The minimum Gasteiger partial charge on any atom is -0.354 e. The first kappa shape index (κ1) is 18.7. The van der Waals surface area contributed by atoms with Crippen LogP contribution in [-0.4, -0.2) is 4.98 Å². The monoisotopic (exact) mass is 439 g/mol. The standard InChI is InChI=1S/C31H21NS/c1-19-6-8-20(9-7-19)10-11-21-12-17-28-27(18-21)24-14-16-26-23(30(24)32-28)13-15-25-22-4-2-3-5-29(22)33-31(25)26/h2-18,32H,1H3/b11-10+. The number of benzene rings is 5. The minimum atomic E-state index is 1.18. The predicted molar refractivity (Wildman–Crippen MR) is 146 cm³/mol. The summed E-state index contributed by atoms with van der Waals surface area (Å²) in [7, 11) is 0. The molecule has 0 aliphatic carbocycles. The summed E-state index contributed by atoms with van der Waals surface area (Å²) in [5.41, 5.74) is 6.12. The summed E-state index contributed by atoms with van der Waals surface area (Å²) in [6, 6.07) is 33.2. The zero-order valence-corrected chi connectivity index (χ0v) is 19.0. The zero-order valence-electron chi connectivity index (χ0n) is 18.2. The summed E-state index contributed by atoms with van der Waals surface area (Å²) in [5, 5.41) is 7.87. The van der Waals surface area contributed by atoms with Gasteiger partial charge in [0.1, 0.15) is 0 Å². The maximum Gasteiger partial charge on any atom is 0.0545 e. The van der Waals surface area contributed by atoms with Crippen LogP contribution in [0, 0.1) is 6.92 Å². The molecule has 0 fully saturated rings. The smallest absolute Gasteiger partial charge is 0.0545 e. The van der Waals surface area contributed by atoms with Gasteiger partial charge in [-0.1, -0.05) is 90.5 Å². The SMILES string of the molecule is Cc1ccc(/C=C/c2ccc3[nH]c4c(ccc5c4ccc4c6ccccc6sc45)c3c2)cc1. The molecule has 7 rings (SSSR count). The van der Waals surface area contributed by atoms with Crippen LogP contribution in [0.1, 0.15) is 16.7 Å². The summed E-state index contributed by atoms with van der Waals surface area (Å²) in [6.07, 6.45) is 4.38. The number of hydrogen-bond donors (Lipinski definition) is 1. The van der Waals surface area contributed by atoms with Gasteiger partial charge in [0.15, 0.2) is 0 Å². The highest BCUT2D eigenvalue weighted by Crippen LogP contribution is 2.41. The maximum absolute atomic E-state index is 3.71. The molecule has 2 heteroatoms. The Bertz CT molecular complexity index is 1860.